The number of pyridine rings is 1. The zero-order valence-corrected chi connectivity index (χ0v) is 7.70. The molecule has 0 saturated heterocycles. The van der Waals surface area contributed by atoms with Crippen LogP contribution in [0.15, 0.2) is 10.7 Å². The predicted octanol–water partition coefficient (Wildman–Crippen LogP) is 2.39. The van der Waals surface area contributed by atoms with E-state index in [0.717, 1.165) is 10.0 Å². The molecule has 0 fully saturated rings. The van der Waals surface area contributed by atoms with E-state index in [0.29, 0.717) is 10.8 Å². The third kappa shape index (κ3) is 1.25. The maximum atomic E-state index is 5.72. The van der Waals surface area contributed by atoms with E-state index < -0.39 is 0 Å². The van der Waals surface area contributed by atoms with Crippen molar-refractivity contribution in [3.8, 4) is 0 Å². The largest absolute Gasteiger partial charge is 0.383 e. The van der Waals surface area contributed by atoms with Gasteiger partial charge in [-0.15, -0.1) is 0 Å². The van der Waals surface area contributed by atoms with Crippen molar-refractivity contribution in [2.75, 3.05) is 5.73 Å². The van der Waals surface area contributed by atoms with Gasteiger partial charge in [0.1, 0.15) is 5.82 Å². The van der Waals surface area contributed by atoms with Gasteiger partial charge in [0.05, 0.1) is 5.02 Å². The van der Waals surface area contributed by atoms with Gasteiger partial charge in [0.25, 0.3) is 0 Å². The highest BCUT2D eigenvalue weighted by molar-refractivity contribution is 9.10. The standard InChI is InChI=1S/C6H6BrClN2/c1-3-5(7)4(8)2-10-6(3)9/h2H,1H3,(H2,9,10). The molecule has 10 heavy (non-hydrogen) atoms. The van der Waals surface area contributed by atoms with Crippen LogP contribution < -0.4 is 5.73 Å². The molecule has 0 atom stereocenters. The summed E-state index contributed by atoms with van der Waals surface area (Å²) in [5.74, 6) is 0.510. The fourth-order valence-electron chi connectivity index (χ4n) is 0.571. The number of nitrogen functional groups attached to an aromatic ring is 1. The summed E-state index contributed by atoms with van der Waals surface area (Å²) in [5.41, 5.74) is 6.37. The molecule has 2 N–H and O–H groups in total. The van der Waals surface area contributed by atoms with Gasteiger partial charge in [-0.25, -0.2) is 4.98 Å². The average molecular weight is 221 g/mol. The summed E-state index contributed by atoms with van der Waals surface area (Å²) in [6.07, 6.45) is 1.52. The lowest BCUT2D eigenvalue weighted by molar-refractivity contribution is 1.26. The molecule has 1 aromatic heterocycles. The maximum Gasteiger partial charge on any atom is 0.127 e. The van der Waals surface area contributed by atoms with Gasteiger partial charge >= 0.3 is 0 Å². The Morgan fingerprint density at radius 3 is 2.80 bits per heavy atom. The van der Waals surface area contributed by atoms with Crippen molar-refractivity contribution in [2.24, 2.45) is 0 Å². The highest BCUT2D eigenvalue weighted by atomic mass is 79.9. The highest BCUT2D eigenvalue weighted by Gasteiger charge is 2.03. The summed E-state index contributed by atoms with van der Waals surface area (Å²) in [6, 6.07) is 0. The van der Waals surface area contributed by atoms with Crippen molar-refractivity contribution in [3.63, 3.8) is 0 Å². The van der Waals surface area contributed by atoms with Gasteiger partial charge in [-0.3, -0.25) is 0 Å². The van der Waals surface area contributed by atoms with Crippen LogP contribution in [0.2, 0.25) is 5.02 Å². The van der Waals surface area contributed by atoms with E-state index in [9.17, 15) is 0 Å². The smallest absolute Gasteiger partial charge is 0.127 e. The van der Waals surface area contributed by atoms with E-state index in [1.165, 1.54) is 6.20 Å². The van der Waals surface area contributed by atoms with Crippen LogP contribution >= 0.6 is 27.5 Å². The molecule has 0 aliphatic heterocycles. The van der Waals surface area contributed by atoms with Crippen LogP contribution in [0.5, 0.6) is 0 Å². The first-order valence-corrected chi connectivity index (χ1v) is 3.86. The predicted molar refractivity (Wildman–Crippen MR) is 46.1 cm³/mol. The van der Waals surface area contributed by atoms with E-state index in [4.69, 9.17) is 17.3 Å². The number of aromatic nitrogens is 1. The number of nitrogens with zero attached hydrogens (tertiary/aromatic N) is 1. The van der Waals surface area contributed by atoms with E-state index >= 15 is 0 Å². The van der Waals surface area contributed by atoms with Crippen molar-refractivity contribution in [1.82, 2.24) is 4.98 Å². The van der Waals surface area contributed by atoms with E-state index in [-0.39, 0.29) is 0 Å². The fraction of sp³-hybridized carbons (Fsp3) is 0.167. The third-order valence-electron chi connectivity index (χ3n) is 1.24. The number of hydrogen-bond donors (Lipinski definition) is 1. The second-order valence-corrected chi connectivity index (χ2v) is 3.13. The molecule has 54 valence electrons. The molecule has 2 nitrogen and oxygen atoms in total. The molecule has 0 radical (unpaired) electrons. The molecule has 0 amide bonds. The van der Waals surface area contributed by atoms with Crippen LogP contribution in [0, 0.1) is 6.92 Å². The SMILES string of the molecule is Cc1c(N)ncc(Cl)c1Br. The lowest BCUT2D eigenvalue weighted by Crippen LogP contribution is -1.94. The molecule has 1 aromatic rings. The molecule has 0 unspecified atom stereocenters. The number of anilines is 1. The zero-order valence-electron chi connectivity index (χ0n) is 5.36. The Bertz CT molecular complexity index is 235. The fourth-order valence-corrected chi connectivity index (χ4v) is 1.07. The molecule has 1 heterocycles. The van der Waals surface area contributed by atoms with Crippen LogP contribution in [-0.2, 0) is 0 Å². The van der Waals surface area contributed by atoms with Gasteiger partial charge in [-0.2, -0.15) is 0 Å². The van der Waals surface area contributed by atoms with Crippen molar-refractivity contribution >= 4 is 33.3 Å². The first-order valence-electron chi connectivity index (χ1n) is 2.69. The number of halogens is 2. The molecule has 0 aromatic carbocycles. The summed E-state index contributed by atoms with van der Waals surface area (Å²) in [6.45, 7) is 1.86. The molecule has 1 rings (SSSR count). The highest BCUT2D eigenvalue weighted by Crippen LogP contribution is 2.27. The number of hydrogen-bond acceptors (Lipinski definition) is 2. The molecule has 0 spiro atoms. The van der Waals surface area contributed by atoms with Crippen molar-refractivity contribution in [1.29, 1.82) is 0 Å². The van der Waals surface area contributed by atoms with Crippen LogP contribution in [0.25, 0.3) is 0 Å². The van der Waals surface area contributed by atoms with Crippen LogP contribution in [0.4, 0.5) is 5.82 Å². The first-order chi connectivity index (χ1) is 4.63. The summed E-state index contributed by atoms with van der Waals surface area (Å²) >= 11 is 9.00. The lowest BCUT2D eigenvalue weighted by atomic mass is 10.3. The van der Waals surface area contributed by atoms with Crippen LogP contribution in [0.3, 0.4) is 0 Å². The normalized spacial score (nSPS) is 9.90. The van der Waals surface area contributed by atoms with E-state index in [2.05, 4.69) is 20.9 Å². The molecule has 0 saturated carbocycles. The minimum Gasteiger partial charge on any atom is -0.383 e. The summed E-state index contributed by atoms with van der Waals surface area (Å²) in [5, 5.41) is 0.590. The Morgan fingerprint density at radius 2 is 2.30 bits per heavy atom. The van der Waals surface area contributed by atoms with Crippen molar-refractivity contribution < 1.29 is 0 Å². The van der Waals surface area contributed by atoms with Gasteiger partial charge < -0.3 is 5.73 Å². The summed E-state index contributed by atoms with van der Waals surface area (Å²) < 4.78 is 0.821. The molecule has 0 aliphatic carbocycles. The Hall–Kier alpha value is -0.280. The summed E-state index contributed by atoms with van der Waals surface area (Å²) in [7, 11) is 0. The topological polar surface area (TPSA) is 38.9 Å². The first kappa shape index (κ1) is 7.82. The van der Waals surface area contributed by atoms with E-state index in [1.807, 2.05) is 6.92 Å². The Kier molecular flexibility index (Phi) is 2.16. The number of rotatable bonds is 0. The molecular weight excluding hydrogens is 215 g/mol. The zero-order chi connectivity index (χ0) is 7.72. The Morgan fingerprint density at radius 1 is 1.70 bits per heavy atom. The van der Waals surface area contributed by atoms with Gasteiger partial charge in [0.2, 0.25) is 0 Å². The van der Waals surface area contributed by atoms with Gasteiger partial charge in [-0.1, -0.05) is 11.6 Å². The minimum atomic E-state index is 0.510. The average Bonchev–Trinajstić information content (AvgIpc) is 1.93. The summed E-state index contributed by atoms with van der Waals surface area (Å²) in [4.78, 5) is 3.85. The second-order valence-electron chi connectivity index (χ2n) is 1.93. The maximum absolute atomic E-state index is 5.72. The third-order valence-corrected chi connectivity index (χ3v) is 2.78. The van der Waals surface area contributed by atoms with Crippen LogP contribution in [-0.4, -0.2) is 4.98 Å². The minimum absolute atomic E-state index is 0.510. The van der Waals surface area contributed by atoms with E-state index in [1.54, 1.807) is 0 Å². The number of nitrogens with two attached hydrogens (primary N) is 1. The lowest BCUT2D eigenvalue weighted by Gasteiger charge is -2.01. The van der Waals surface area contributed by atoms with Crippen molar-refractivity contribution in [2.45, 2.75) is 6.92 Å². The van der Waals surface area contributed by atoms with Gasteiger partial charge in [0, 0.05) is 16.2 Å². The Labute approximate surface area is 72.5 Å². The monoisotopic (exact) mass is 220 g/mol. The second kappa shape index (κ2) is 2.76. The van der Waals surface area contributed by atoms with Crippen LogP contribution in [0.1, 0.15) is 5.56 Å². The molecule has 0 aliphatic rings. The molecule has 0 bridgehead atoms. The van der Waals surface area contributed by atoms with Crippen molar-refractivity contribution in [3.05, 3.63) is 21.3 Å². The van der Waals surface area contributed by atoms with Gasteiger partial charge in [-0.05, 0) is 22.9 Å². The quantitative estimate of drug-likeness (QED) is 0.731. The Balaban J connectivity index is 3.34. The molecule has 4 heteroatoms. The molecular formula is C6H6BrClN2. The van der Waals surface area contributed by atoms with Gasteiger partial charge in [0.15, 0.2) is 0 Å².